The minimum Gasteiger partial charge on any atom is -0.398 e. The van der Waals surface area contributed by atoms with E-state index in [1.165, 1.54) is 0 Å². The molecule has 0 aliphatic carbocycles. The first kappa shape index (κ1) is 6.63. The van der Waals surface area contributed by atoms with E-state index in [2.05, 4.69) is 6.07 Å². The Morgan fingerprint density at radius 2 is 2.30 bits per heavy atom. The van der Waals surface area contributed by atoms with Gasteiger partial charge in [0, 0.05) is 6.07 Å². The molecule has 0 aliphatic heterocycles. The number of aryl methyl sites for hydroxylation is 1. The highest BCUT2D eigenvalue weighted by Gasteiger charge is 1.95. The summed E-state index contributed by atoms with van der Waals surface area (Å²) >= 11 is 0. The van der Waals surface area contributed by atoms with E-state index in [0.717, 1.165) is 5.56 Å². The van der Waals surface area contributed by atoms with Crippen molar-refractivity contribution < 1.29 is 0 Å². The maximum Gasteiger partial charge on any atom is 0.102 e. The first-order valence-corrected chi connectivity index (χ1v) is 2.92. The van der Waals surface area contributed by atoms with Crippen molar-refractivity contribution in [2.24, 2.45) is 0 Å². The van der Waals surface area contributed by atoms with Crippen molar-refractivity contribution in [3.63, 3.8) is 0 Å². The zero-order chi connectivity index (χ0) is 7.56. The molecule has 2 heteroatoms. The Bertz CT molecular complexity index is 284. The molecule has 0 saturated heterocycles. The van der Waals surface area contributed by atoms with E-state index in [1.807, 2.05) is 19.1 Å². The maximum atomic E-state index is 8.48. The molecule has 1 rings (SSSR count). The molecule has 0 heterocycles. The predicted octanol–water partition coefficient (Wildman–Crippen LogP) is 1.25. The fraction of sp³-hybridized carbons (Fsp3) is 0.125. The second-order valence-electron chi connectivity index (χ2n) is 2.08. The normalized spacial score (nSPS) is 8.80. The van der Waals surface area contributed by atoms with Crippen LogP contribution in [0.4, 0.5) is 5.69 Å². The molecule has 2 N–H and O–H groups in total. The van der Waals surface area contributed by atoms with Crippen molar-refractivity contribution in [3.05, 3.63) is 29.3 Å². The molecule has 0 aromatic heterocycles. The average molecular weight is 131 g/mol. The smallest absolute Gasteiger partial charge is 0.102 e. The van der Waals surface area contributed by atoms with Gasteiger partial charge in [-0.2, -0.15) is 5.26 Å². The summed E-state index contributed by atoms with van der Waals surface area (Å²) in [5, 5.41) is 8.48. The molecular weight excluding hydrogens is 124 g/mol. The molecule has 1 aromatic rings. The lowest BCUT2D eigenvalue weighted by Crippen LogP contribution is -1.90. The van der Waals surface area contributed by atoms with Gasteiger partial charge in [0.15, 0.2) is 0 Å². The lowest BCUT2D eigenvalue weighted by molar-refractivity contribution is 1.41. The minimum atomic E-state index is 0.431. The number of nitriles is 1. The van der Waals surface area contributed by atoms with Crippen LogP contribution in [0.3, 0.4) is 0 Å². The fourth-order valence-electron chi connectivity index (χ4n) is 0.702. The van der Waals surface area contributed by atoms with Crippen LogP contribution in [-0.2, 0) is 0 Å². The number of nitrogens with zero attached hydrogens (tertiary/aromatic N) is 1. The molecule has 1 radical (unpaired) electrons. The van der Waals surface area contributed by atoms with Gasteiger partial charge in [0.1, 0.15) is 6.07 Å². The van der Waals surface area contributed by atoms with Crippen molar-refractivity contribution in [1.82, 2.24) is 0 Å². The topological polar surface area (TPSA) is 49.8 Å². The Morgan fingerprint density at radius 3 is 2.80 bits per heavy atom. The molecule has 0 aliphatic rings. The van der Waals surface area contributed by atoms with Crippen molar-refractivity contribution in [3.8, 4) is 6.07 Å². The van der Waals surface area contributed by atoms with Crippen LogP contribution in [0.5, 0.6) is 0 Å². The fourth-order valence-corrected chi connectivity index (χ4v) is 0.702. The third-order valence-corrected chi connectivity index (χ3v) is 1.24. The van der Waals surface area contributed by atoms with Gasteiger partial charge in [-0.15, -0.1) is 0 Å². The maximum absolute atomic E-state index is 8.48. The number of hydrogen-bond donors (Lipinski definition) is 1. The highest BCUT2D eigenvalue weighted by molar-refractivity contribution is 5.54. The van der Waals surface area contributed by atoms with Crippen LogP contribution in [0.15, 0.2) is 12.1 Å². The number of rotatable bonds is 0. The van der Waals surface area contributed by atoms with Gasteiger partial charge in [0.05, 0.1) is 11.3 Å². The van der Waals surface area contributed by atoms with Gasteiger partial charge >= 0.3 is 0 Å². The Balaban J connectivity index is 3.25. The second kappa shape index (κ2) is 2.40. The lowest BCUT2D eigenvalue weighted by Gasteiger charge is -1.95. The van der Waals surface area contributed by atoms with Gasteiger partial charge in [-0.1, -0.05) is 6.07 Å². The standard InChI is InChI=1S/C8H7N2/c1-6-2-3-8(10)7(4-6)5-9/h2-3H,10H2,1H3. The summed E-state index contributed by atoms with van der Waals surface area (Å²) in [7, 11) is 0. The molecule has 0 fully saturated rings. The van der Waals surface area contributed by atoms with E-state index >= 15 is 0 Å². The van der Waals surface area contributed by atoms with Gasteiger partial charge in [-0.25, -0.2) is 0 Å². The Hall–Kier alpha value is -1.49. The summed E-state index contributed by atoms with van der Waals surface area (Å²) in [4.78, 5) is 0. The molecule has 10 heavy (non-hydrogen) atoms. The quantitative estimate of drug-likeness (QED) is 0.538. The SMILES string of the molecule is Cc1[c]c(C#N)c(N)cc1. The average Bonchev–Trinajstić information content (AvgIpc) is 1.94. The van der Waals surface area contributed by atoms with Crippen LogP contribution < -0.4 is 5.73 Å². The molecule has 2 nitrogen and oxygen atoms in total. The summed E-state index contributed by atoms with van der Waals surface area (Å²) in [6, 6.07) is 8.34. The largest absolute Gasteiger partial charge is 0.398 e. The Morgan fingerprint density at radius 1 is 1.60 bits per heavy atom. The number of hydrogen-bond acceptors (Lipinski definition) is 2. The monoisotopic (exact) mass is 131 g/mol. The first-order valence-electron chi connectivity index (χ1n) is 2.92. The van der Waals surface area contributed by atoms with Gasteiger partial charge in [0.25, 0.3) is 0 Å². The van der Waals surface area contributed by atoms with E-state index in [9.17, 15) is 0 Å². The minimum absolute atomic E-state index is 0.431. The molecule has 0 amide bonds. The van der Waals surface area contributed by atoms with Crippen LogP contribution in [0.1, 0.15) is 11.1 Å². The Kier molecular flexibility index (Phi) is 1.59. The first-order chi connectivity index (χ1) is 4.74. The number of benzene rings is 1. The molecule has 1 aromatic carbocycles. The van der Waals surface area contributed by atoms with Gasteiger partial charge in [0.2, 0.25) is 0 Å². The molecule has 0 atom stereocenters. The summed E-state index contributed by atoms with van der Waals surface area (Å²) in [5.74, 6) is 0. The summed E-state index contributed by atoms with van der Waals surface area (Å²) in [6.45, 7) is 1.88. The third-order valence-electron chi connectivity index (χ3n) is 1.24. The van der Waals surface area contributed by atoms with Gasteiger partial charge in [-0.05, 0) is 18.6 Å². The zero-order valence-corrected chi connectivity index (χ0v) is 5.68. The molecule has 0 saturated carbocycles. The van der Waals surface area contributed by atoms with Crippen molar-refractivity contribution >= 4 is 5.69 Å². The van der Waals surface area contributed by atoms with Crippen molar-refractivity contribution in [2.45, 2.75) is 6.92 Å². The number of anilines is 1. The van der Waals surface area contributed by atoms with E-state index in [-0.39, 0.29) is 0 Å². The number of nitrogens with two attached hydrogens (primary N) is 1. The Labute approximate surface area is 59.9 Å². The summed E-state index contributed by atoms with van der Waals surface area (Å²) < 4.78 is 0. The zero-order valence-electron chi connectivity index (χ0n) is 5.68. The van der Waals surface area contributed by atoms with E-state index in [1.54, 1.807) is 6.07 Å². The van der Waals surface area contributed by atoms with E-state index in [0.29, 0.717) is 11.3 Å². The van der Waals surface area contributed by atoms with E-state index < -0.39 is 0 Å². The van der Waals surface area contributed by atoms with Crippen LogP contribution in [0, 0.1) is 24.3 Å². The van der Waals surface area contributed by atoms with Crippen molar-refractivity contribution in [1.29, 1.82) is 5.26 Å². The molecule has 0 bridgehead atoms. The van der Waals surface area contributed by atoms with Gasteiger partial charge < -0.3 is 5.73 Å². The van der Waals surface area contributed by atoms with Gasteiger partial charge in [-0.3, -0.25) is 0 Å². The molecule has 49 valence electrons. The molecule has 0 spiro atoms. The van der Waals surface area contributed by atoms with E-state index in [4.69, 9.17) is 11.0 Å². The number of nitrogen functional groups attached to an aromatic ring is 1. The predicted molar refractivity (Wildman–Crippen MR) is 39.1 cm³/mol. The van der Waals surface area contributed by atoms with Crippen molar-refractivity contribution in [2.75, 3.05) is 5.73 Å². The summed E-state index contributed by atoms with van der Waals surface area (Å²) in [6.07, 6.45) is 0. The van der Waals surface area contributed by atoms with Crippen LogP contribution in [-0.4, -0.2) is 0 Å². The summed E-state index contributed by atoms with van der Waals surface area (Å²) in [5.41, 5.74) is 7.31. The van der Waals surface area contributed by atoms with Crippen LogP contribution in [0.2, 0.25) is 0 Å². The highest BCUT2D eigenvalue weighted by Crippen LogP contribution is 2.10. The lowest BCUT2D eigenvalue weighted by atomic mass is 10.1. The van der Waals surface area contributed by atoms with Crippen LogP contribution in [0.25, 0.3) is 0 Å². The van der Waals surface area contributed by atoms with Crippen LogP contribution >= 0.6 is 0 Å². The second-order valence-corrected chi connectivity index (χ2v) is 2.08. The molecular formula is C8H7N2. The molecule has 0 unspecified atom stereocenters. The third kappa shape index (κ3) is 1.08. The highest BCUT2D eigenvalue weighted by atomic mass is 14.6.